The SMILES string of the molecule is C#CCCCCC(=O)N[C@@]1(C#N)CCC[C@H]1C. The molecule has 1 rings (SSSR count). The molecule has 0 radical (unpaired) electrons. The maximum atomic E-state index is 11.8. The average molecular weight is 232 g/mol. The maximum absolute atomic E-state index is 11.8. The largest absolute Gasteiger partial charge is 0.338 e. The second-order valence-corrected chi connectivity index (χ2v) is 4.84. The van der Waals surface area contributed by atoms with Crippen molar-refractivity contribution in [3.63, 3.8) is 0 Å². The van der Waals surface area contributed by atoms with Crippen LogP contribution in [0.25, 0.3) is 0 Å². The molecule has 3 heteroatoms. The molecule has 17 heavy (non-hydrogen) atoms. The molecular formula is C14H20N2O. The molecule has 0 saturated heterocycles. The van der Waals surface area contributed by atoms with Crippen molar-refractivity contribution in [2.75, 3.05) is 0 Å². The van der Waals surface area contributed by atoms with E-state index in [1.807, 2.05) is 6.92 Å². The normalized spacial score (nSPS) is 27.1. The summed E-state index contributed by atoms with van der Waals surface area (Å²) < 4.78 is 0. The van der Waals surface area contributed by atoms with Gasteiger partial charge in [-0.25, -0.2) is 0 Å². The van der Waals surface area contributed by atoms with Crippen LogP contribution in [0.3, 0.4) is 0 Å². The minimum absolute atomic E-state index is 0.0164. The summed E-state index contributed by atoms with van der Waals surface area (Å²) in [5.74, 6) is 2.79. The standard InChI is InChI=1S/C14H20N2O/c1-3-4-5-6-9-13(17)16-14(11-15)10-7-8-12(14)2/h1,12H,4-10H2,2H3,(H,16,17)/t12-,14-/m1/s1. The van der Waals surface area contributed by atoms with Crippen LogP contribution in [0.5, 0.6) is 0 Å². The van der Waals surface area contributed by atoms with E-state index in [-0.39, 0.29) is 11.8 Å². The first kappa shape index (κ1) is 13.6. The van der Waals surface area contributed by atoms with Gasteiger partial charge in [-0.3, -0.25) is 4.79 Å². The highest BCUT2D eigenvalue weighted by atomic mass is 16.1. The minimum atomic E-state index is -0.622. The van der Waals surface area contributed by atoms with Crippen LogP contribution in [-0.2, 0) is 4.79 Å². The molecule has 1 N–H and O–H groups in total. The first-order valence-electron chi connectivity index (χ1n) is 6.30. The fourth-order valence-corrected chi connectivity index (χ4v) is 2.38. The number of hydrogen-bond donors (Lipinski definition) is 1. The van der Waals surface area contributed by atoms with Gasteiger partial charge >= 0.3 is 0 Å². The molecule has 0 aliphatic heterocycles. The van der Waals surface area contributed by atoms with Crippen molar-refractivity contribution in [1.29, 1.82) is 5.26 Å². The molecule has 1 amide bonds. The Morgan fingerprint density at radius 1 is 1.59 bits per heavy atom. The Hall–Kier alpha value is -1.48. The Kier molecular flexibility index (Phi) is 5.04. The molecule has 0 heterocycles. The van der Waals surface area contributed by atoms with Crippen LogP contribution in [0.4, 0.5) is 0 Å². The summed E-state index contributed by atoms with van der Waals surface area (Å²) in [6.45, 7) is 2.04. The molecule has 1 fully saturated rings. The molecule has 2 atom stereocenters. The third-order valence-electron chi connectivity index (χ3n) is 3.59. The highest BCUT2D eigenvalue weighted by molar-refractivity contribution is 5.77. The van der Waals surface area contributed by atoms with E-state index in [2.05, 4.69) is 17.3 Å². The zero-order valence-corrected chi connectivity index (χ0v) is 10.5. The van der Waals surface area contributed by atoms with Gasteiger partial charge in [0.05, 0.1) is 6.07 Å². The molecule has 92 valence electrons. The number of amides is 1. The minimum Gasteiger partial charge on any atom is -0.338 e. The summed E-state index contributed by atoms with van der Waals surface area (Å²) in [5.41, 5.74) is -0.622. The third-order valence-corrected chi connectivity index (χ3v) is 3.59. The van der Waals surface area contributed by atoms with Crippen LogP contribution in [0, 0.1) is 29.6 Å². The van der Waals surface area contributed by atoms with Crippen LogP contribution < -0.4 is 5.32 Å². The molecule has 0 spiro atoms. The predicted octanol–water partition coefficient (Wildman–Crippen LogP) is 2.38. The molecule has 0 bridgehead atoms. The summed E-state index contributed by atoms with van der Waals surface area (Å²) in [5, 5.41) is 12.2. The van der Waals surface area contributed by atoms with Crippen molar-refractivity contribution in [2.45, 2.75) is 57.4 Å². The number of hydrogen-bond acceptors (Lipinski definition) is 2. The number of unbranched alkanes of at least 4 members (excludes halogenated alkanes) is 2. The van der Waals surface area contributed by atoms with Gasteiger partial charge in [0.2, 0.25) is 5.91 Å². The number of rotatable bonds is 5. The lowest BCUT2D eigenvalue weighted by Gasteiger charge is -2.27. The van der Waals surface area contributed by atoms with E-state index in [1.165, 1.54) is 0 Å². The third kappa shape index (κ3) is 3.49. The number of nitriles is 1. The lowest BCUT2D eigenvalue weighted by atomic mass is 9.89. The van der Waals surface area contributed by atoms with Gasteiger partial charge in [0, 0.05) is 12.8 Å². The second kappa shape index (κ2) is 6.30. The summed E-state index contributed by atoms with van der Waals surface area (Å²) in [7, 11) is 0. The Labute approximate surface area is 104 Å². The molecule has 0 aromatic carbocycles. The summed E-state index contributed by atoms with van der Waals surface area (Å²) in [6.07, 6.45) is 10.8. The van der Waals surface area contributed by atoms with E-state index in [0.717, 1.165) is 32.1 Å². The van der Waals surface area contributed by atoms with Gasteiger partial charge in [-0.05, 0) is 38.0 Å². The molecular weight excluding hydrogens is 212 g/mol. The van der Waals surface area contributed by atoms with Crippen LogP contribution >= 0.6 is 0 Å². The Morgan fingerprint density at radius 2 is 2.35 bits per heavy atom. The van der Waals surface area contributed by atoms with Crippen molar-refractivity contribution in [2.24, 2.45) is 5.92 Å². The van der Waals surface area contributed by atoms with Crippen LogP contribution in [0.15, 0.2) is 0 Å². The first-order valence-corrected chi connectivity index (χ1v) is 6.30. The topological polar surface area (TPSA) is 52.9 Å². The van der Waals surface area contributed by atoms with Crippen molar-refractivity contribution in [3.8, 4) is 18.4 Å². The fraction of sp³-hybridized carbons (Fsp3) is 0.714. The zero-order chi connectivity index (χ0) is 12.7. The Bertz CT molecular complexity index is 350. The number of terminal acetylenes is 1. The average Bonchev–Trinajstić information content (AvgIpc) is 2.67. The highest BCUT2D eigenvalue weighted by Gasteiger charge is 2.41. The van der Waals surface area contributed by atoms with Crippen molar-refractivity contribution in [3.05, 3.63) is 0 Å². The van der Waals surface area contributed by atoms with E-state index in [9.17, 15) is 10.1 Å². The molecule has 0 aromatic rings. The molecule has 0 aromatic heterocycles. The fourth-order valence-electron chi connectivity index (χ4n) is 2.38. The lowest BCUT2D eigenvalue weighted by Crippen LogP contribution is -2.49. The van der Waals surface area contributed by atoms with E-state index in [1.54, 1.807) is 0 Å². The van der Waals surface area contributed by atoms with Crippen molar-refractivity contribution in [1.82, 2.24) is 5.32 Å². The predicted molar refractivity (Wildman–Crippen MR) is 66.8 cm³/mol. The van der Waals surface area contributed by atoms with Crippen molar-refractivity contribution < 1.29 is 4.79 Å². The molecule has 1 saturated carbocycles. The number of nitrogens with zero attached hydrogens (tertiary/aromatic N) is 1. The first-order chi connectivity index (χ1) is 8.14. The monoisotopic (exact) mass is 232 g/mol. The zero-order valence-electron chi connectivity index (χ0n) is 10.5. The van der Waals surface area contributed by atoms with Crippen LogP contribution in [0.1, 0.15) is 51.9 Å². The number of carbonyl (C=O) groups is 1. The van der Waals surface area contributed by atoms with Gasteiger partial charge in [0.15, 0.2) is 0 Å². The van der Waals surface area contributed by atoms with Gasteiger partial charge in [0.1, 0.15) is 5.54 Å². The van der Waals surface area contributed by atoms with Crippen molar-refractivity contribution >= 4 is 5.91 Å². The van der Waals surface area contributed by atoms with Gasteiger partial charge in [0.25, 0.3) is 0 Å². The van der Waals surface area contributed by atoms with Gasteiger partial charge in [-0.2, -0.15) is 5.26 Å². The summed E-state index contributed by atoms with van der Waals surface area (Å²) in [6, 6.07) is 2.30. The number of nitrogens with one attached hydrogen (secondary N) is 1. The quantitative estimate of drug-likeness (QED) is 0.584. The molecule has 1 aliphatic carbocycles. The highest BCUT2D eigenvalue weighted by Crippen LogP contribution is 2.34. The smallest absolute Gasteiger partial charge is 0.221 e. The molecule has 3 nitrogen and oxygen atoms in total. The second-order valence-electron chi connectivity index (χ2n) is 4.84. The maximum Gasteiger partial charge on any atom is 0.221 e. The Morgan fingerprint density at radius 3 is 2.88 bits per heavy atom. The van der Waals surface area contributed by atoms with Gasteiger partial charge in [-0.1, -0.05) is 6.92 Å². The lowest BCUT2D eigenvalue weighted by molar-refractivity contribution is -0.122. The van der Waals surface area contributed by atoms with E-state index >= 15 is 0 Å². The Balaban J connectivity index is 2.39. The van der Waals surface area contributed by atoms with Crippen LogP contribution in [-0.4, -0.2) is 11.4 Å². The van der Waals surface area contributed by atoms with E-state index in [0.29, 0.717) is 12.8 Å². The van der Waals surface area contributed by atoms with Gasteiger partial charge < -0.3 is 5.32 Å². The summed E-state index contributed by atoms with van der Waals surface area (Å²) >= 11 is 0. The molecule has 0 unspecified atom stereocenters. The number of carbonyl (C=O) groups excluding carboxylic acids is 1. The van der Waals surface area contributed by atoms with E-state index < -0.39 is 5.54 Å². The summed E-state index contributed by atoms with van der Waals surface area (Å²) in [4.78, 5) is 11.8. The van der Waals surface area contributed by atoms with Crippen LogP contribution in [0.2, 0.25) is 0 Å². The van der Waals surface area contributed by atoms with Gasteiger partial charge in [-0.15, -0.1) is 12.3 Å². The molecule has 1 aliphatic rings. The van der Waals surface area contributed by atoms with E-state index in [4.69, 9.17) is 6.42 Å².